The van der Waals surface area contributed by atoms with Crippen LogP contribution in [0.1, 0.15) is 31.2 Å². The second kappa shape index (κ2) is 5.21. The Bertz CT molecular complexity index is 346. The van der Waals surface area contributed by atoms with Gasteiger partial charge in [-0.2, -0.15) is 0 Å². The molecule has 0 unspecified atom stereocenters. The van der Waals surface area contributed by atoms with Crippen LogP contribution < -0.4 is 5.32 Å². The molecule has 0 atom stereocenters. The van der Waals surface area contributed by atoms with Crippen molar-refractivity contribution in [2.45, 2.75) is 32.2 Å². The Hall–Kier alpha value is -1.22. The molecule has 1 saturated carbocycles. The van der Waals surface area contributed by atoms with Crippen LogP contribution in [0.3, 0.4) is 0 Å². The minimum Gasteiger partial charge on any atom is -0.504 e. The van der Waals surface area contributed by atoms with Crippen molar-refractivity contribution in [3.8, 4) is 11.5 Å². The molecule has 0 heterocycles. The van der Waals surface area contributed by atoms with Gasteiger partial charge in [0.2, 0.25) is 0 Å². The average molecular weight is 221 g/mol. The molecule has 1 aromatic carbocycles. The normalized spacial score (nSPS) is 16.8. The summed E-state index contributed by atoms with van der Waals surface area (Å²) in [5.74, 6) is 0.727. The predicted octanol–water partition coefficient (Wildman–Crippen LogP) is 2.38. The zero-order valence-electron chi connectivity index (χ0n) is 9.45. The van der Waals surface area contributed by atoms with Gasteiger partial charge in [-0.1, -0.05) is 18.9 Å². The van der Waals surface area contributed by atoms with Gasteiger partial charge in [0.25, 0.3) is 0 Å². The maximum atomic E-state index is 9.33. The lowest BCUT2D eigenvalue weighted by Gasteiger charge is -2.10. The summed E-state index contributed by atoms with van der Waals surface area (Å²) in [5, 5.41) is 21.9. The molecule has 16 heavy (non-hydrogen) atoms. The fraction of sp³-hybridized carbons (Fsp3) is 0.538. The first-order chi connectivity index (χ1) is 7.75. The van der Waals surface area contributed by atoms with E-state index in [2.05, 4.69) is 5.32 Å². The number of aromatic hydroxyl groups is 2. The van der Waals surface area contributed by atoms with Crippen molar-refractivity contribution >= 4 is 0 Å². The second-order valence-electron chi connectivity index (χ2n) is 4.60. The topological polar surface area (TPSA) is 52.5 Å². The highest BCUT2D eigenvalue weighted by Gasteiger charge is 2.13. The summed E-state index contributed by atoms with van der Waals surface area (Å²) in [6.07, 6.45) is 5.42. The van der Waals surface area contributed by atoms with E-state index < -0.39 is 0 Å². The van der Waals surface area contributed by atoms with Gasteiger partial charge in [0.15, 0.2) is 11.5 Å². The summed E-state index contributed by atoms with van der Waals surface area (Å²) in [7, 11) is 0. The number of hydrogen-bond acceptors (Lipinski definition) is 3. The van der Waals surface area contributed by atoms with Crippen LogP contribution in [0.5, 0.6) is 11.5 Å². The number of phenolic OH excluding ortho intramolecular Hbond substituents is 2. The molecule has 0 bridgehead atoms. The molecule has 3 N–H and O–H groups in total. The van der Waals surface area contributed by atoms with E-state index in [4.69, 9.17) is 0 Å². The summed E-state index contributed by atoms with van der Waals surface area (Å²) < 4.78 is 0. The molecular weight excluding hydrogens is 202 g/mol. The van der Waals surface area contributed by atoms with Crippen LogP contribution in [-0.4, -0.2) is 16.8 Å². The molecule has 1 aromatic rings. The average Bonchev–Trinajstić information content (AvgIpc) is 2.76. The molecule has 0 aromatic heterocycles. The van der Waals surface area contributed by atoms with Crippen molar-refractivity contribution in [2.75, 3.05) is 6.54 Å². The second-order valence-corrected chi connectivity index (χ2v) is 4.60. The highest BCUT2D eigenvalue weighted by molar-refractivity contribution is 5.40. The van der Waals surface area contributed by atoms with Gasteiger partial charge in [-0.05, 0) is 43.0 Å². The number of hydrogen-bond donors (Lipinski definition) is 3. The Morgan fingerprint density at radius 2 is 1.88 bits per heavy atom. The Labute approximate surface area is 96.1 Å². The Morgan fingerprint density at radius 3 is 2.56 bits per heavy atom. The minimum atomic E-state index is -0.0560. The first-order valence-corrected chi connectivity index (χ1v) is 5.97. The quantitative estimate of drug-likeness (QED) is 0.684. The monoisotopic (exact) mass is 221 g/mol. The SMILES string of the molecule is Oc1ccc(CNCC2CCCC2)cc1O. The first-order valence-electron chi connectivity index (χ1n) is 5.97. The summed E-state index contributed by atoms with van der Waals surface area (Å²) in [4.78, 5) is 0. The zero-order chi connectivity index (χ0) is 11.4. The number of nitrogens with one attached hydrogen (secondary N) is 1. The molecule has 0 saturated heterocycles. The molecule has 1 aliphatic carbocycles. The van der Waals surface area contributed by atoms with Crippen LogP contribution in [0.25, 0.3) is 0 Å². The lowest BCUT2D eigenvalue weighted by atomic mass is 10.1. The van der Waals surface area contributed by atoms with Crippen molar-refractivity contribution in [1.29, 1.82) is 0 Å². The standard InChI is InChI=1S/C13H19NO2/c15-12-6-5-11(7-13(12)16)9-14-8-10-3-1-2-4-10/h5-7,10,14-16H,1-4,8-9H2. The van der Waals surface area contributed by atoms with Crippen LogP contribution in [0.2, 0.25) is 0 Å². The Kier molecular flexibility index (Phi) is 3.67. The summed E-state index contributed by atoms with van der Waals surface area (Å²) in [6, 6.07) is 4.97. The molecule has 1 fully saturated rings. The van der Waals surface area contributed by atoms with Crippen LogP contribution in [0.4, 0.5) is 0 Å². The van der Waals surface area contributed by atoms with Crippen LogP contribution in [0.15, 0.2) is 18.2 Å². The zero-order valence-corrected chi connectivity index (χ0v) is 9.45. The van der Waals surface area contributed by atoms with E-state index in [0.29, 0.717) is 0 Å². The van der Waals surface area contributed by atoms with E-state index in [1.807, 2.05) is 6.07 Å². The molecule has 0 radical (unpaired) electrons. The van der Waals surface area contributed by atoms with Gasteiger partial charge in [0.1, 0.15) is 0 Å². The van der Waals surface area contributed by atoms with E-state index in [-0.39, 0.29) is 11.5 Å². The maximum absolute atomic E-state index is 9.33. The molecule has 0 aliphatic heterocycles. The molecule has 0 amide bonds. The summed E-state index contributed by atoms with van der Waals surface area (Å²) >= 11 is 0. The highest BCUT2D eigenvalue weighted by atomic mass is 16.3. The molecule has 3 heteroatoms. The minimum absolute atomic E-state index is 0.0415. The summed E-state index contributed by atoms with van der Waals surface area (Å²) in [5.41, 5.74) is 1.01. The largest absolute Gasteiger partial charge is 0.504 e. The van der Waals surface area contributed by atoms with Gasteiger partial charge in [-0.15, -0.1) is 0 Å². The van der Waals surface area contributed by atoms with Gasteiger partial charge in [0.05, 0.1) is 0 Å². The van der Waals surface area contributed by atoms with Crippen molar-refractivity contribution in [3.05, 3.63) is 23.8 Å². The van der Waals surface area contributed by atoms with E-state index in [9.17, 15) is 10.2 Å². The van der Waals surface area contributed by atoms with Crippen LogP contribution in [0, 0.1) is 5.92 Å². The van der Waals surface area contributed by atoms with E-state index in [1.54, 1.807) is 6.07 Å². The third-order valence-electron chi connectivity index (χ3n) is 3.28. The molecule has 3 nitrogen and oxygen atoms in total. The van der Waals surface area contributed by atoms with Gasteiger partial charge < -0.3 is 15.5 Å². The highest BCUT2D eigenvalue weighted by Crippen LogP contribution is 2.25. The fourth-order valence-electron chi connectivity index (χ4n) is 2.31. The van der Waals surface area contributed by atoms with Crippen molar-refractivity contribution < 1.29 is 10.2 Å². The number of phenols is 2. The van der Waals surface area contributed by atoms with Gasteiger partial charge in [0, 0.05) is 6.54 Å². The van der Waals surface area contributed by atoms with Gasteiger partial charge in [-0.3, -0.25) is 0 Å². The lowest BCUT2D eigenvalue weighted by Crippen LogP contribution is -2.20. The first kappa shape index (κ1) is 11.3. The summed E-state index contributed by atoms with van der Waals surface area (Å²) in [6.45, 7) is 1.81. The Balaban J connectivity index is 1.78. The van der Waals surface area contributed by atoms with E-state index >= 15 is 0 Å². The fourth-order valence-corrected chi connectivity index (χ4v) is 2.31. The Morgan fingerprint density at radius 1 is 1.12 bits per heavy atom. The van der Waals surface area contributed by atoms with Crippen molar-refractivity contribution in [3.63, 3.8) is 0 Å². The molecular formula is C13H19NO2. The van der Waals surface area contributed by atoms with Crippen LogP contribution in [-0.2, 0) is 6.54 Å². The molecule has 0 spiro atoms. The van der Waals surface area contributed by atoms with Crippen molar-refractivity contribution in [2.24, 2.45) is 5.92 Å². The van der Waals surface area contributed by atoms with Gasteiger partial charge >= 0.3 is 0 Å². The molecule has 88 valence electrons. The van der Waals surface area contributed by atoms with Crippen molar-refractivity contribution in [1.82, 2.24) is 5.32 Å². The number of benzene rings is 1. The number of rotatable bonds is 4. The van der Waals surface area contributed by atoms with E-state index in [1.165, 1.54) is 31.7 Å². The maximum Gasteiger partial charge on any atom is 0.157 e. The van der Waals surface area contributed by atoms with Crippen LogP contribution >= 0.6 is 0 Å². The predicted molar refractivity (Wildman–Crippen MR) is 63.4 cm³/mol. The lowest BCUT2D eigenvalue weighted by molar-refractivity contribution is 0.402. The van der Waals surface area contributed by atoms with E-state index in [0.717, 1.165) is 24.6 Å². The third kappa shape index (κ3) is 2.89. The molecule has 2 rings (SSSR count). The van der Waals surface area contributed by atoms with Gasteiger partial charge in [-0.25, -0.2) is 0 Å². The third-order valence-corrected chi connectivity index (χ3v) is 3.28. The smallest absolute Gasteiger partial charge is 0.157 e. The molecule has 1 aliphatic rings.